The lowest BCUT2D eigenvalue weighted by molar-refractivity contribution is -0.922. The van der Waals surface area contributed by atoms with Crippen LogP contribution in [-0.4, -0.2) is 87.3 Å². The van der Waals surface area contributed by atoms with E-state index in [9.17, 15) is 0 Å². The fourth-order valence-electron chi connectivity index (χ4n) is 1.82. The quantitative estimate of drug-likeness (QED) is 0.450. The van der Waals surface area contributed by atoms with Gasteiger partial charge in [0, 0.05) is 26.7 Å². The molecule has 3 saturated heterocycles. The Morgan fingerprint density at radius 1 is 1.11 bits per heavy atom. The highest BCUT2D eigenvalue weighted by atomic mass is 16.7. The maximum atomic E-state index is 9.15. The Morgan fingerprint density at radius 2 is 1.42 bits per heavy atom. The number of carboxylic acid groups (broad SMARTS) is 2. The summed E-state index contributed by atoms with van der Waals surface area (Å²) in [4.78, 5) is 20.8. The van der Waals surface area contributed by atoms with E-state index in [1.165, 1.54) is 43.8 Å². The molecule has 0 saturated carbocycles. The third-order valence-corrected chi connectivity index (χ3v) is 3.21. The summed E-state index contributed by atoms with van der Waals surface area (Å²) in [6, 6.07) is 0. The largest absolute Gasteiger partial charge is 0.553 e. The lowest BCUT2D eigenvalue weighted by Gasteiger charge is -2.48. The number of methoxy groups -OCH3 is 2. The lowest BCUT2D eigenvalue weighted by Crippen LogP contribution is -2.65. The number of hydrogen-bond donors (Lipinski definition) is 1. The standard InChI is InChI=1S/C7H15N2.2C2H4O3/c1-9-5-2-8(3-6-9)4-7-9;2*1-5-2(3)4/h2-7H2,1H3;2*1H3,(H,3,4)/q+1;;/p-1. The predicted octanol–water partition coefficient (Wildman–Crippen LogP) is -0.951. The normalized spacial score (nSPS) is 27.0. The molecule has 3 fully saturated rings. The Labute approximate surface area is 112 Å². The molecule has 19 heavy (non-hydrogen) atoms. The number of quaternary nitrogens is 1. The zero-order valence-corrected chi connectivity index (χ0v) is 11.6. The summed E-state index contributed by atoms with van der Waals surface area (Å²) in [5.41, 5.74) is 0. The van der Waals surface area contributed by atoms with E-state index in [1.54, 1.807) is 0 Å². The van der Waals surface area contributed by atoms with Gasteiger partial charge in [-0.25, -0.2) is 4.79 Å². The van der Waals surface area contributed by atoms with Crippen molar-refractivity contribution in [2.45, 2.75) is 0 Å². The third kappa shape index (κ3) is 8.22. The summed E-state index contributed by atoms with van der Waals surface area (Å²) in [6.45, 7) is 8.20. The van der Waals surface area contributed by atoms with Gasteiger partial charge in [0.15, 0.2) is 0 Å². The molecule has 0 aromatic rings. The molecule has 1 N–H and O–H groups in total. The predicted molar refractivity (Wildman–Crippen MR) is 64.7 cm³/mol. The van der Waals surface area contributed by atoms with Crippen LogP contribution in [0.4, 0.5) is 9.59 Å². The Kier molecular flexibility index (Phi) is 7.85. The van der Waals surface area contributed by atoms with E-state index in [0.29, 0.717) is 0 Å². The summed E-state index contributed by atoms with van der Waals surface area (Å²) < 4.78 is 8.57. The molecule has 3 aliphatic rings. The fourth-order valence-corrected chi connectivity index (χ4v) is 1.82. The first-order chi connectivity index (χ1) is 8.83. The summed E-state index contributed by atoms with van der Waals surface area (Å²) in [6.07, 6.45) is -2.74. The summed E-state index contributed by atoms with van der Waals surface area (Å²) >= 11 is 0. The average Bonchev–Trinajstić information content (AvgIpc) is 2.41. The van der Waals surface area contributed by atoms with Gasteiger partial charge in [0.25, 0.3) is 6.16 Å². The monoisotopic (exact) mass is 278 g/mol. The van der Waals surface area contributed by atoms with Crippen LogP contribution in [0.2, 0.25) is 0 Å². The van der Waals surface area contributed by atoms with Crippen molar-refractivity contribution in [3.05, 3.63) is 0 Å². The molecule has 0 amide bonds. The smallest absolute Gasteiger partial charge is 0.505 e. The molecule has 8 nitrogen and oxygen atoms in total. The topological polar surface area (TPSA) is 99.1 Å². The van der Waals surface area contributed by atoms with Crippen molar-refractivity contribution < 1.29 is 33.8 Å². The first-order valence-corrected chi connectivity index (χ1v) is 5.91. The van der Waals surface area contributed by atoms with E-state index >= 15 is 0 Å². The van der Waals surface area contributed by atoms with E-state index in [1.807, 2.05) is 0 Å². The van der Waals surface area contributed by atoms with Crippen LogP contribution >= 0.6 is 0 Å². The van der Waals surface area contributed by atoms with Crippen LogP contribution in [0, 0.1) is 0 Å². The van der Waals surface area contributed by atoms with Crippen LogP contribution in [0.15, 0.2) is 0 Å². The number of piperazine rings is 3. The SMILES string of the molecule is COC(=O)O.COC(=O)[O-].C[N+]12CCN(CC1)CC2. The molecule has 112 valence electrons. The maximum Gasteiger partial charge on any atom is 0.505 e. The third-order valence-electron chi connectivity index (χ3n) is 3.21. The summed E-state index contributed by atoms with van der Waals surface area (Å²) in [5, 5.41) is 16.5. The van der Waals surface area contributed by atoms with E-state index in [2.05, 4.69) is 21.4 Å². The van der Waals surface area contributed by atoms with Crippen LogP contribution in [0.3, 0.4) is 0 Å². The fraction of sp³-hybridized carbons (Fsp3) is 0.818. The zero-order chi connectivity index (χ0) is 14.9. The highest BCUT2D eigenvalue weighted by Crippen LogP contribution is 2.15. The number of rotatable bonds is 0. The van der Waals surface area contributed by atoms with Gasteiger partial charge in [0.2, 0.25) is 0 Å². The molecule has 2 bridgehead atoms. The molecule has 0 aliphatic carbocycles. The molecule has 8 heteroatoms. The van der Waals surface area contributed by atoms with Crippen molar-refractivity contribution in [3.63, 3.8) is 0 Å². The minimum atomic E-state index is -1.50. The van der Waals surface area contributed by atoms with Gasteiger partial charge in [0.1, 0.15) is 0 Å². The number of likely N-dealkylation sites (N-methyl/N-ethyl adjacent to an activating group) is 1. The van der Waals surface area contributed by atoms with Gasteiger partial charge in [-0.05, 0) is 0 Å². The number of ether oxygens (including phenoxy) is 2. The van der Waals surface area contributed by atoms with Crippen molar-refractivity contribution in [2.24, 2.45) is 0 Å². The second-order valence-corrected chi connectivity index (χ2v) is 4.56. The molecule has 0 radical (unpaired) electrons. The highest BCUT2D eigenvalue weighted by Gasteiger charge is 2.34. The maximum absolute atomic E-state index is 9.15. The van der Waals surface area contributed by atoms with Crippen LogP contribution in [0.5, 0.6) is 0 Å². The molecule has 0 aromatic heterocycles. The zero-order valence-electron chi connectivity index (χ0n) is 11.6. The molecular formula is C11H22N2O6. The van der Waals surface area contributed by atoms with Crippen LogP contribution in [-0.2, 0) is 9.47 Å². The first-order valence-electron chi connectivity index (χ1n) is 5.91. The Morgan fingerprint density at radius 3 is 1.53 bits per heavy atom. The number of fused-ring (bicyclic) bond motifs is 3. The first kappa shape index (κ1) is 17.5. The second-order valence-electron chi connectivity index (χ2n) is 4.56. The van der Waals surface area contributed by atoms with Crippen molar-refractivity contribution in [1.82, 2.24) is 4.90 Å². The molecule has 3 rings (SSSR count). The van der Waals surface area contributed by atoms with Crippen molar-refractivity contribution >= 4 is 12.3 Å². The number of carbonyl (C=O) groups excluding carboxylic acids is 1. The Hall–Kier alpha value is -1.54. The number of carbonyl (C=O) groups is 2. The Balaban J connectivity index is 0.000000283. The van der Waals surface area contributed by atoms with Crippen molar-refractivity contribution in [3.8, 4) is 0 Å². The van der Waals surface area contributed by atoms with E-state index in [-0.39, 0.29) is 0 Å². The number of hydrogen-bond acceptors (Lipinski definition) is 6. The summed E-state index contributed by atoms with van der Waals surface area (Å²) in [7, 11) is 4.52. The van der Waals surface area contributed by atoms with Crippen LogP contribution in [0.25, 0.3) is 0 Å². The van der Waals surface area contributed by atoms with Crippen LogP contribution in [0.1, 0.15) is 0 Å². The molecule has 0 atom stereocenters. The molecule has 3 heterocycles. The van der Waals surface area contributed by atoms with E-state index < -0.39 is 12.3 Å². The van der Waals surface area contributed by atoms with E-state index in [4.69, 9.17) is 19.8 Å². The van der Waals surface area contributed by atoms with Gasteiger partial charge in [0.05, 0.1) is 33.8 Å². The van der Waals surface area contributed by atoms with Crippen LogP contribution < -0.4 is 5.11 Å². The highest BCUT2D eigenvalue weighted by molar-refractivity contribution is 5.56. The summed E-state index contributed by atoms with van der Waals surface area (Å²) in [5.74, 6) is 0. The van der Waals surface area contributed by atoms with Gasteiger partial charge < -0.3 is 29.0 Å². The Bertz CT molecular complexity index is 261. The number of nitrogens with zero attached hydrogens (tertiary/aromatic N) is 2. The second kappa shape index (κ2) is 8.54. The van der Waals surface area contributed by atoms with Crippen molar-refractivity contribution in [2.75, 3.05) is 60.5 Å². The van der Waals surface area contributed by atoms with Gasteiger partial charge in [-0.2, -0.15) is 0 Å². The lowest BCUT2D eigenvalue weighted by atomic mass is 10.2. The van der Waals surface area contributed by atoms with Gasteiger partial charge in [-0.1, -0.05) is 0 Å². The molecule has 3 aliphatic heterocycles. The molecule has 0 spiro atoms. The van der Waals surface area contributed by atoms with Crippen molar-refractivity contribution in [1.29, 1.82) is 0 Å². The molecule has 0 unspecified atom stereocenters. The van der Waals surface area contributed by atoms with Gasteiger partial charge in [-0.3, -0.25) is 4.90 Å². The van der Waals surface area contributed by atoms with Gasteiger partial charge in [-0.15, -0.1) is 0 Å². The van der Waals surface area contributed by atoms with E-state index in [0.717, 1.165) is 14.2 Å². The molecular weight excluding hydrogens is 256 g/mol. The molecule has 0 aromatic carbocycles. The average molecular weight is 278 g/mol. The van der Waals surface area contributed by atoms with Gasteiger partial charge >= 0.3 is 6.16 Å². The minimum Gasteiger partial charge on any atom is -0.553 e. The minimum absolute atomic E-state index is 1.04.